The molecule has 1 aromatic carbocycles. The molecular formula is C16H21F3N2O2. The van der Waals surface area contributed by atoms with E-state index in [-0.39, 0.29) is 30.2 Å². The van der Waals surface area contributed by atoms with E-state index < -0.39 is 6.36 Å². The minimum atomic E-state index is -4.70. The van der Waals surface area contributed by atoms with Crippen molar-refractivity contribution in [3.63, 3.8) is 0 Å². The van der Waals surface area contributed by atoms with E-state index in [1.807, 2.05) is 0 Å². The molecule has 23 heavy (non-hydrogen) atoms. The molecule has 3 N–H and O–H groups in total. The third kappa shape index (κ3) is 6.09. The minimum absolute atomic E-state index is 0.0771. The first kappa shape index (κ1) is 17.6. The van der Waals surface area contributed by atoms with Crippen LogP contribution in [0.2, 0.25) is 0 Å². The van der Waals surface area contributed by atoms with Gasteiger partial charge in [0.25, 0.3) is 0 Å². The standard InChI is InChI=1S/C16H21F3N2O2/c17-16(18,19)23-13-7-5-11(6-8-13)10-21-15(22)9-12-3-1-2-4-14(12)20/h5-8,12,14H,1-4,9-10,20H2,(H,21,22). The monoisotopic (exact) mass is 330 g/mol. The fourth-order valence-electron chi connectivity index (χ4n) is 2.81. The second-order valence-corrected chi connectivity index (χ2v) is 5.88. The van der Waals surface area contributed by atoms with Crippen molar-refractivity contribution in [2.24, 2.45) is 11.7 Å². The molecule has 4 nitrogen and oxygen atoms in total. The lowest BCUT2D eigenvalue weighted by molar-refractivity contribution is -0.274. The van der Waals surface area contributed by atoms with E-state index in [1.165, 1.54) is 24.3 Å². The van der Waals surface area contributed by atoms with Crippen LogP contribution in [0.25, 0.3) is 0 Å². The number of amides is 1. The maximum atomic E-state index is 12.1. The summed E-state index contributed by atoms with van der Waals surface area (Å²) in [4.78, 5) is 11.9. The molecule has 128 valence electrons. The van der Waals surface area contributed by atoms with Gasteiger partial charge in [0.05, 0.1) is 0 Å². The quantitative estimate of drug-likeness (QED) is 0.872. The number of ether oxygens (including phenoxy) is 1. The van der Waals surface area contributed by atoms with Crippen LogP contribution in [0.15, 0.2) is 24.3 Å². The number of carbonyl (C=O) groups is 1. The first-order valence-electron chi connectivity index (χ1n) is 7.70. The zero-order chi connectivity index (χ0) is 16.9. The molecule has 1 aromatic rings. The van der Waals surface area contributed by atoms with Crippen LogP contribution < -0.4 is 15.8 Å². The van der Waals surface area contributed by atoms with Gasteiger partial charge in [-0.2, -0.15) is 0 Å². The molecule has 7 heteroatoms. The fourth-order valence-corrected chi connectivity index (χ4v) is 2.81. The Labute approximate surface area is 133 Å². The molecule has 1 aliphatic carbocycles. The van der Waals surface area contributed by atoms with Crippen LogP contribution >= 0.6 is 0 Å². The van der Waals surface area contributed by atoms with Crippen molar-refractivity contribution in [2.45, 2.75) is 51.1 Å². The summed E-state index contributed by atoms with van der Waals surface area (Å²) in [6, 6.07) is 5.52. The van der Waals surface area contributed by atoms with Crippen LogP contribution in [-0.4, -0.2) is 18.3 Å². The van der Waals surface area contributed by atoms with Crippen LogP contribution in [0.5, 0.6) is 5.75 Å². The molecule has 2 rings (SSSR count). The Morgan fingerprint density at radius 1 is 1.22 bits per heavy atom. The first-order valence-corrected chi connectivity index (χ1v) is 7.70. The van der Waals surface area contributed by atoms with Crippen molar-refractivity contribution >= 4 is 5.91 Å². The Morgan fingerprint density at radius 2 is 1.87 bits per heavy atom. The number of rotatable bonds is 5. The summed E-state index contributed by atoms with van der Waals surface area (Å²) in [6.07, 6.45) is -0.153. The van der Waals surface area contributed by atoms with E-state index in [0.29, 0.717) is 12.0 Å². The Bertz CT molecular complexity index is 517. The summed E-state index contributed by atoms with van der Waals surface area (Å²) in [6.45, 7) is 0.271. The van der Waals surface area contributed by atoms with E-state index in [9.17, 15) is 18.0 Å². The van der Waals surface area contributed by atoms with E-state index in [0.717, 1.165) is 25.7 Å². The van der Waals surface area contributed by atoms with E-state index in [2.05, 4.69) is 10.1 Å². The Balaban J connectivity index is 1.77. The lowest BCUT2D eigenvalue weighted by Crippen LogP contribution is -2.36. The molecule has 0 bridgehead atoms. The molecule has 2 atom stereocenters. The van der Waals surface area contributed by atoms with Crippen molar-refractivity contribution in [1.82, 2.24) is 5.32 Å². The number of hydrogen-bond acceptors (Lipinski definition) is 3. The van der Waals surface area contributed by atoms with Crippen molar-refractivity contribution in [3.8, 4) is 5.75 Å². The van der Waals surface area contributed by atoms with Crippen LogP contribution in [-0.2, 0) is 11.3 Å². The number of alkyl halides is 3. The van der Waals surface area contributed by atoms with Gasteiger partial charge in [0.15, 0.2) is 0 Å². The average Bonchev–Trinajstić information content (AvgIpc) is 2.47. The van der Waals surface area contributed by atoms with Crippen molar-refractivity contribution in [3.05, 3.63) is 29.8 Å². The topological polar surface area (TPSA) is 64.4 Å². The van der Waals surface area contributed by atoms with Gasteiger partial charge in [-0.05, 0) is 36.5 Å². The highest BCUT2D eigenvalue weighted by molar-refractivity contribution is 5.76. The lowest BCUT2D eigenvalue weighted by Gasteiger charge is -2.27. The van der Waals surface area contributed by atoms with Gasteiger partial charge >= 0.3 is 6.36 Å². The number of hydrogen-bond donors (Lipinski definition) is 2. The summed E-state index contributed by atoms with van der Waals surface area (Å²) in [5, 5.41) is 2.78. The highest BCUT2D eigenvalue weighted by Crippen LogP contribution is 2.25. The Morgan fingerprint density at radius 3 is 2.48 bits per heavy atom. The normalized spacial score (nSPS) is 21.7. The molecule has 0 radical (unpaired) electrons. The van der Waals surface area contributed by atoms with Crippen molar-refractivity contribution in [2.75, 3.05) is 0 Å². The molecular weight excluding hydrogens is 309 g/mol. The van der Waals surface area contributed by atoms with E-state index >= 15 is 0 Å². The smallest absolute Gasteiger partial charge is 0.406 e. The van der Waals surface area contributed by atoms with Crippen LogP contribution in [0.3, 0.4) is 0 Å². The van der Waals surface area contributed by atoms with Gasteiger partial charge in [0, 0.05) is 19.0 Å². The summed E-state index contributed by atoms with van der Waals surface area (Å²) < 4.78 is 40.0. The molecule has 1 amide bonds. The van der Waals surface area contributed by atoms with Crippen LogP contribution in [0.1, 0.15) is 37.7 Å². The highest BCUT2D eigenvalue weighted by Gasteiger charge is 2.31. The molecule has 0 aromatic heterocycles. The number of nitrogens with one attached hydrogen (secondary N) is 1. The Kier molecular flexibility index (Phi) is 5.87. The van der Waals surface area contributed by atoms with Crippen LogP contribution in [0, 0.1) is 5.92 Å². The molecule has 1 aliphatic rings. The van der Waals surface area contributed by atoms with Crippen LogP contribution in [0.4, 0.5) is 13.2 Å². The van der Waals surface area contributed by atoms with Gasteiger partial charge in [0.2, 0.25) is 5.91 Å². The number of benzene rings is 1. The van der Waals surface area contributed by atoms with E-state index in [1.54, 1.807) is 0 Å². The zero-order valence-electron chi connectivity index (χ0n) is 12.7. The molecule has 0 saturated heterocycles. The summed E-state index contributed by atoms with van der Waals surface area (Å²) >= 11 is 0. The molecule has 1 saturated carbocycles. The predicted octanol–water partition coefficient (Wildman–Crippen LogP) is 3.11. The maximum Gasteiger partial charge on any atom is 0.573 e. The van der Waals surface area contributed by atoms with Gasteiger partial charge in [-0.3, -0.25) is 4.79 Å². The molecule has 1 fully saturated rings. The van der Waals surface area contributed by atoms with Gasteiger partial charge < -0.3 is 15.8 Å². The lowest BCUT2D eigenvalue weighted by atomic mass is 9.83. The predicted molar refractivity (Wildman–Crippen MR) is 79.5 cm³/mol. The molecule has 0 aliphatic heterocycles. The first-order chi connectivity index (χ1) is 10.8. The second kappa shape index (κ2) is 7.68. The zero-order valence-corrected chi connectivity index (χ0v) is 12.7. The number of carbonyl (C=O) groups excluding carboxylic acids is 1. The van der Waals surface area contributed by atoms with E-state index in [4.69, 9.17) is 5.73 Å². The fraction of sp³-hybridized carbons (Fsp3) is 0.562. The third-order valence-corrected chi connectivity index (χ3v) is 4.06. The van der Waals surface area contributed by atoms with Gasteiger partial charge in [-0.25, -0.2) is 0 Å². The summed E-state index contributed by atoms with van der Waals surface area (Å²) in [7, 11) is 0. The molecule has 2 unspecified atom stereocenters. The third-order valence-electron chi connectivity index (χ3n) is 4.06. The van der Waals surface area contributed by atoms with Crippen molar-refractivity contribution < 1.29 is 22.7 Å². The minimum Gasteiger partial charge on any atom is -0.406 e. The van der Waals surface area contributed by atoms with Gasteiger partial charge in [-0.15, -0.1) is 13.2 Å². The Hall–Kier alpha value is -1.76. The number of nitrogens with two attached hydrogens (primary N) is 1. The van der Waals surface area contributed by atoms with Gasteiger partial charge in [0.1, 0.15) is 5.75 Å². The number of halogens is 3. The maximum absolute atomic E-state index is 12.1. The molecule has 0 heterocycles. The highest BCUT2D eigenvalue weighted by atomic mass is 19.4. The van der Waals surface area contributed by atoms with Crippen molar-refractivity contribution in [1.29, 1.82) is 0 Å². The summed E-state index contributed by atoms with van der Waals surface area (Å²) in [5.41, 5.74) is 6.72. The van der Waals surface area contributed by atoms with Gasteiger partial charge in [-0.1, -0.05) is 25.0 Å². The summed E-state index contributed by atoms with van der Waals surface area (Å²) in [5.74, 6) is -0.143. The SMILES string of the molecule is NC1CCCCC1CC(=O)NCc1ccc(OC(F)(F)F)cc1. The molecule has 0 spiro atoms. The second-order valence-electron chi connectivity index (χ2n) is 5.88. The largest absolute Gasteiger partial charge is 0.573 e. The average molecular weight is 330 g/mol.